The fourth-order valence-corrected chi connectivity index (χ4v) is 5.67. The molecule has 8 heteroatoms. The van der Waals surface area contributed by atoms with Crippen molar-refractivity contribution in [3.05, 3.63) is 27.1 Å². The second kappa shape index (κ2) is 9.73. The second-order valence-corrected chi connectivity index (χ2v) is 9.40. The van der Waals surface area contributed by atoms with E-state index in [1.165, 1.54) is 28.6 Å². The number of hydrogen-bond donors (Lipinski definition) is 1. The molecule has 1 aliphatic heterocycles. The molecule has 0 aromatic carbocycles. The van der Waals surface area contributed by atoms with Crippen molar-refractivity contribution >= 4 is 33.4 Å². The van der Waals surface area contributed by atoms with Gasteiger partial charge in [0, 0.05) is 30.9 Å². The lowest BCUT2D eigenvalue weighted by atomic mass is 9.97. The maximum Gasteiger partial charge on any atom is 0.262 e. The van der Waals surface area contributed by atoms with Crippen LogP contribution in [0.25, 0.3) is 10.2 Å². The zero-order valence-corrected chi connectivity index (χ0v) is 18.3. The number of carbonyl (C=O) groups is 2. The molecule has 2 aromatic heterocycles. The van der Waals surface area contributed by atoms with Crippen LogP contribution in [-0.2, 0) is 29.0 Å². The lowest BCUT2D eigenvalue weighted by Gasteiger charge is -2.20. The topological polar surface area (TPSA) is 84.3 Å². The van der Waals surface area contributed by atoms with Crippen molar-refractivity contribution < 1.29 is 9.59 Å². The van der Waals surface area contributed by atoms with E-state index in [0.717, 1.165) is 62.0 Å². The molecule has 0 radical (unpaired) electrons. The number of aromatic nitrogens is 2. The molecule has 7 nitrogen and oxygen atoms in total. The minimum atomic E-state index is -0.218. The molecular weight excluding hydrogens is 400 g/mol. The first-order valence-electron chi connectivity index (χ1n) is 11.2. The standard InChI is InChI=1S/C22H30N4O3S/c27-18(23-11-7-10-19(28)25-12-5-1-2-6-13-25)14-26-15-24-21-20(22(26)29)16-8-3-4-9-17(16)30-21/h15H,1-14H2,(H,23,27). The molecule has 0 spiro atoms. The van der Waals surface area contributed by atoms with Crippen molar-refractivity contribution in [2.45, 2.75) is 70.8 Å². The summed E-state index contributed by atoms with van der Waals surface area (Å²) in [6, 6.07) is 0. The fraction of sp³-hybridized carbons (Fsp3) is 0.636. The summed E-state index contributed by atoms with van der Waals surface area (Å²) in [5, 5.41) is 3.54. The number of carbonyl (C=O) groups excluding carboxylic acids is 2. The molecule has 2 aliphatic rings. The van der Waals surface area contributed by atoms with Gasteiger partial charge in [0.2, 0.25) is 11.8 Å². The highest BCUT2D eigenvalue weighted by Crippen LogP contribution is 2.33. The van der Waals surface area contributed by atoms with E-state index in [1.54, 1.807) is 11.3 Å². The zero-order chi connectivity index (χ0) is 20.9. The van der Waals surface area contributed by atoms with Gasteiger partial charge in [-0.3, -0.25) is 19.0 Å². The third-order valence-corrected chi connectivity index (χ3v) is 7.30. The first-order chi connectivity index (χ1) is 14.6. The lowest BCUT2D eigenvalue weighted by molar-refractivity contribution is -0.131. The van der Waals surface area contributed by atoms with Crippen LogP contribution in [0.3, 0.4) is 0 Å². The highest BCUT2D eigenvalue weighted by atomic mass is 32.1. The van der Waals surface area contributed by atoms with Gasteiger partial charge in [0.25, 0.3) is 5.56 Å². The largest absolute Gasteiger partial charge is 0.355 e. The van der Waals surface area contributed by atoms with Crippen LogP contribution < -0.4 is 10.9 Å². The molecule has 3 heterocycles. The molecule has 0 unspecified atom stereocenters. The summed E-state index contributed by atoms with van der Waals surface area (Å²) >= 11 is 1.61. The summed E-state index contributed by atoms with van der Waals surface area (Å²) in [5.41, 5.74) is 1.02. The van der Waals surface area contributed by atoms with Crippen LogP contribution in [0.5, 0.6) is 0 Å². The number of likely N-dealkylation sites (tertiary alicyclic amines) is 1. The van der Waals surface area contributed by atoms with Gasteiger partial charge in [-0.15, -0.1) is 11.3 Å². The van der Waals surface area contributed by atoms with Gasteiger partial charge in [0.15, 0.2) is 0 Å². The monoisotopic (exact) mass is 430 g/mol. The number of nitrogens with zero attached hydrogens (tertiary/aromatic N) is 3. The van der Waals surface area contributed by atoms with Crippen LogP contribution >= 0.6 is 11.3 Å². The predicted octanol–water partition coefficient (Wildman–Crippen LogP) is 2.64. The summed E-state index contributed by atoms with van der Waals surface area (Å²) in [5.74, 6) is -0.0381. The van der Waals surface area contributed by atoms with E-state index in [2.05, 4.69) is 10.3 Å². The quantitative estimate of drug-likeness (QED) is 0.714. The summed E-state index contributed by atoms with van der Waals surface area (Å²) in [6.07, 6.45) is 11.3. The van der Waals surface area contributed by atoms with E-state index in [0.29, 0.717) is 24.8 Å². The third-order valence-electron chi connectivity index (χ3n) is 6.10. The molecule has 4 rings (SSSR count). The van der Waals surface area contributed by atoms with Crippen LogP contribution in [0.1, 0.15) is 61.8 Å². The summed E-state index contributed by atoms with van der Waals surface area (Å²) in [7, 11) is 0. The minimum Gasteiger partial charge on any atom is -0.355 e. The zero-order valence-electron chi connectivity index (χ0n) is 17.5. The summed E-state index contributed by atoms with van der Waals surface area (Å²) in [6.45, 7) is 2.12. The van der Waals surface area contributed by atoms with Crippen LogP contribution in [-0.4, -0.2) is 45.9 Å². The molecule has 1 aliphatic carbocycles. The number of rotatable bonds is 6. The molecule has 1 N–H and O–H groups in total. The Bertz CT molecular complexity index is 973. The number of hydrogen-bond acceptors (Lipinski definition) is 5. The maximum atomic E-state index is 12.9. The van der Waals surface area contributed by atoms with E-state index in [9.17, 15) is 14.4 Å². The van der Waals surface area contributed by atoms with E-state index >= 15 is 0 Å². The van der Waals surface area contributed by atoms with Gasteiger partial charge in [0.1, 0.15) is 11.4 Å². The highest BCUT2D eigenvalue weighted by molar-refractivity contribution is 7.18. The van der Waals surface area contributed by atoms with Gasteiger partial charge in [-0.25, -0.2) is 4.98 Å². The number of aryl methyl sites for hydroxylation is 2. The second-order valence-electron chi connectivity index (χ2n) is 8.32. The third kappa shape index (κ3) is 4.74. The van der Waals surface area contributed by atoms with E-state index in [4.69, 9.17) is 0 Å². The van der Waals surface area contributed by atoms with Crippen LogP contribution in [0, 0.1) is 0 Å². The highest BCUT2D eigenvalue weighted by Gasteiger charge is 2.20. The Balaban J connectivity index is 1.29. The molecule has 2 aromatic rings. The lowest BCUT2D eigenvalue weighted by Crippen LogP contribution is -2.34. The maximum absolute atomic E-state index is 12.9. The van der Waals surface area contributed by atoms with Crippen LogP contribution in [0.2, 0.25) is 0 Å². The Morgan fingerprint density at radius 3 is 2.63 bits per heavy atom. The average molecular weight is 431 g/mol. The number of nitrogens with one attached hydrogen (secondary N) is 1. The molecule has 2 amide bonds. The van der Waals surface area contributed by atoms with Crippen molar-refractivity contribution in [1.29, 1.82) is 0 Å². The Kier molecular flexibility index (Phi) is 6.82. The van der Waals surface area contributed by atoms with Gasteiger partial charge in [-0.05, 0) is 50.5 Å². The van der Waals surface area contributed by atoms with E-state index in [-0.39, 0.29) is 23.9 Å². The Morgan fingerprint density at radius 1 is 1.07 bits per heavy atom. The molecule has 0 saturated carbocycles. The van der Waals surface area contributed by atoms with Gasteiger partial charge in [0.05, 0.1) is 11.7 Å². The smallest absolute Gasteiger partial charge is 0.262 e. The molecule has 1 saturated heterocycles. The Labute approximate surface area is 180 Å². The number of amides is 2. The van der Waals surface area contributed by atoms with Crippen LogP contribution in [0.15, 0.2) is 11.1 Å². The Hall–Kier alpha value is -2.22. The van der Waals surface area contributed by atoms with Crippen molar-refractivity contribution in [1.82, 2.24) is 19.8 Å². The van der Waals surface area contributed by atoms with Crippen molar-refractivity contribution in [2.75, 3.05) is 19.6 Å². The van der Waals surface area contributed by atoms with Crippen molar-refractivity contribution in [3.8, 4) is 0 Å². The average Bonchev–Trinajstić information content (AvgIpc) is 2.92. The summed E-state index contributed by atoms with van der Waals surface area (Å²) in [4.78, 5) is 46.0. The molecule has 0 atom stereocenters. The first-order valence-corrected chi connectivity index (χ1v) is 12.0. The van der Waals surface area contributed by atoms with Gasteiger partial charge in [-0.1, -0.05) is 12.8 Å². The summed E-state index contributed by atoms with van der Waals surface area (Å²) < 4.78 is 1.40. The predicted molar refractivity (Wildman–Crippen MR) is 118 cm³/mol. The normalized spacial score (nSPS) is 16.9. The number of thiophene rings is 1. The van der Waals surface area contributed by atoms with Crippen LogP contribution in [0.4, 0.5) is 0 Å². The van der Waals surface area contributed by atoms with Crippen molar-refractivity contribution in [3.63, 3.8) is 0 Å². The minimum absolute atomic E-state index is 0.0353. The molecule has 1 fully saturated rings. The van der Waals surface area contributed by atoms with Gasteiger partial charge in [-0.2, -0.15) is 0 Å². The number of fused-ring (bicyclic) bond motifs is 3. The molecular formula is C22H30N4O3S. The first kappa shape index (κ1) is 21.0. The van der Waals surface area contributed by atoms with Gasteiger partial charge >= 0.3 is 0 Å². The Morgan fingerprint density at radius 2 is 1.83 bits per heavy atom. The van der Waals surface area contributed by atoms with E-state index in [1.807, 2.05) is 4.90 Å². The molecule has 30 heavy (non-hydrogen) atoms. The fourth-order valence-electron chi connectivity index (χ4n) is 4.45. The van der Waals surface area contributed by atoms with E-state index < -0.39 is 0 Å². The molecule has 0 bridgehead atoms. The SMILES string of the molecule is O=C(Cn1cnc2sc3c(c2c1=O)CCCC3)NCCCC(=O)N1CCCCCC1. The van der Waals surface area contributed by atoms with Crippen molar-refractivity contribution in [2.24, 2.45) is 0 Å². The molecule has 162 valence electrons. The van der Waals surface area contributed by atoms with Gasteiger partial charge < -0.3 is 10.2 Å².